The van der Waals surface area contributed by atoms with Crippen LogP contribution >= 0.6 is 0 Å². The van der Waals surface area contributed by atoms with Gasteiger partial charge < -0.3 is 4.90 Å². The summed E-state index contributed by atoms with van der Waals surface area (Å²) in [6.07, 6.45) is 6.68. The molecule has 2 rings (SSSR count). The van der Waals surface area contributed by atoms with Crippen molar-refractivity contribution in [3.63, 3.8) is 0 Å². The Morgan fingerprint density at radius 2 is 2.22 bits per heavy atom. The standard InChI is InChI=1S/C16H22N2/c1-5-15(12(2)3)17-11-13-6-7-16-14(10-13)8-9-18(16)4/h1,6-7,10,12,15,17H,8-9,11H2,2-4H3. The van der Waals surface area contributed by atoms with E-state index < -0.39 is 0 Å². The number of anilines is 1. The van der Waals surface area contributed by atoms with Crippen LogP contribution in [0.1, 0.15) is 25.0 Å². The van der Waals surface area contributed by atoms with Crippen molar-refractivity contribution >= 4 is 5.69 Å². The quantitative estimate of drug-likeness (QED) is 0.816. The van der Waals surface area contributed by atoms with Crippen molar-refractivity contribution in [2.24, 2.45) is 5.92 Å². The van der Waals surface area contributed by atoms with Crippen LogP contribution in [-0.4, -0.2) is 19.6 Å². The van der Waals surface area contributed by atoms with Gasteiger partial charge in [0.2, 0.25) is 0 Å². The fraction of sp³-hybridized carbons (Fsp3) is 0.500. The molecule has 0 radical (unpaired) electrons. The zero-order chi connectivity index (χ0) is 13.1. The first kappa shape index (κ1) is 13.0. The van der Waals surface area contributed by atoms with E-state index in [0.717, 1.165) is 19.5 Å². The lowest BCUT2D eigenvalue weighted by atomic mass is 10.0. The van der Waals surface area contributed by atoms with Crippen molar-refractivity contribution in [3.05, 3.63) is 29.3 Å². The highest BCUT2D eigenvalue weighted by molar-refractivity contribution is 5.58. The van der Waals surface area contributed by atoms with Gasteiger partial charge in [0.25, 0.3) is 0 Å². The molecule has 0 fully saturated rings. The number of benzene rings is 1. The summed E-state index contributed by atoms with van der Waals surface area (Å²) in [4.78, 5) is 2.31. The first-order valence-electron chi connectivity index (χ1n) is 6.64. The molecular weight excluding hydrogens is 220 g/mol. The molecule has 1 heterocycles. The number of terminal acetylenes is 1. The molecule has 1 aromatic rings. The lowest BCUT2D eigenvalue weighted by Gasteiger charge is -2.17. The Hall–Kier alpha value is -1.46. The maximum atomic E-state index is 5.53. The number of nitrogens with one attached hydrogen (secondary N) is 1. The summed E-state index contributed by atoms with van der Waals surface area (Å²) in [5.41, 5.74) is 4.15. The second kappa shape index (κ2) is 5.46. The molecule has 1 atom stereocenters. The van der Waals surface area contributed by atoms with Crippen molar-refractivity contribution in [3.8, 4) is 12.3 Å². The summed E-state index contributed by atoms with van der Waals surface area (Å²) in [6.45, 7) is 6.28. The molecule has 96 valence electrons. The van der Waals surface area contributed by atoms with E-state index in [1.165, 1.54) is 16.8 Å². The summed E-state index contributed by atoms with van der Waals surface area (Å²) < 4.78 is 0. The third kappa shape index (κ3) is 2.68. The fourth-order valence-electron chi connectivity index (χ4n) is 2.44. The van der Waals surface area contributed by atoms with Gasteiger partial charge in [0.1, 0.15) is 0 Å². The van der Waals surface area contributed by atoms with E-state index in [2.05, 4.69) is 55.2 Å². The highest BCUT2D eigenvalue weighted by Crippen LogP contribution is 2.27. The van der Waals surface area contributed by atoms with Crippen molar-refractivity contribution < 1.29 is 0 Å². The summed E-state index contributed by atoms with van der Waals surface area (Å²) in [6, 6.07) is 6.88. The highest BCUT2D eigenvalue weighted by Gasteiger charge is 2.16. The van der Waals surface area contributed by atoms with Gasteiger partial charge in [-0.2, -0.15) is 0 Å². The smallest absolute Gasteiger partial charge is 0.0712 e. The largest absolute Gasteiger partial charge is 0.374 e. The monoisotopic (exact) mass is 242 g/mol. The minimum Gasteiger partial charge on any atom is -0.374 e. The van der Waals surface area contributed by atoms with E-state index in [0.29, 0.717) is 5.92 Å². The Morgan fingerprint density at radius 3 is 2.89 bits per heavy atom. The topological polar surface area (TPSA) is 15.3 Å². The normalized spacial score (nSPS) is 15.6. The minimum atomic E-state index is 0.154. The van der Waals surface area contributed by atoms with E-state index in [-0.39, 0.29) is 6.04 Å². The third-order valence-corrected chi connectivity index (χ3v) is 3.64. The van der Waals surface area contributed by atoms with Gasteiger partial charge in [-0.25, -0.2) is 0 Å². The SMILES string of the molecule is C#CC(NCc1ccc2c(c1)CCN2C)C(C)C. The van der Waals surface area contributed by atoms with Crippen LogP contribution in [0.25, 0.3) is 0 Å². The van der Waals surface area contributed by atoms with Crippen LogP contribution in [-0.2, 0) is 13.0 Å². The number of hydrogen-bond donors (Lipinski definition) is 1. The van der Waals surface area contributed by atoms with E-state index in [4.69, 9.17) is 6.42 Å². The Labute approximate surface area is 110 Å². The lowest BCUT2D eigenvalue weighted by molar-refractivity contribution is 0.476. The predicted molar refractivity (Wildman–Crippen MR) is 77.7 cm³/mol. The maximum Gasteiger partial charge on any atom is 0.0712 e. The average Bonchev–Trinajstić information content (AvgIpc) is 2.71. The molecule has 0 spiro atoms. The Bertz CT molecular complexity index is 457. The lowest BCUT2D eigenvalue weighted by Crippen LogP contribution is -2.31. The summed E-state index contributed by atoms with van der Waals surface area (Å²) in [5.74, 6) is 3.28. The second-order valence-electron chi connectivity index (χ2n) is 5.40. The Balaban J connectivity index is 2.01. The molecule has 18 heavy (non-hydrogen) atoms. The molecule has 1 aromatic carbocycles. The van der Waals surface area contributed by atoms with Gasteiger partial charge in [0.15, 0.2) is 0 Å². The number of nitrogens with zero attached hydrogens (tertiary/aromatic N) is 1. The molecule has 0 bridgehead atoms. The molecule has 2 nitrogen and oxygen atoms in total. The van der Waals surface area contributed by atoms with Gasteiger partial charge >= 0.3 is 0 Å². The third-order valence-electron chi connectivity index (χ3n) is 3.64. The summed E-state index contributed by atoms with van der Waals surface area (Å²) >= 11 is 0. The molecular formula is C16H22N2. The van der Waals surface area contributed by atoms with Crippen molar-refractivity contribution in [1.82, 2.24) is 5.32 Å². The molecule has 1 unspecified atom stereocenters. The van der Waals surface area contributed by atoms with Gasteiger partial charge in [-0.15, -0.1) is 6.42 Å². The van der Waals surface area contributed by atoms with Crippen molar-refractivity contribution in [2.75, 3.05) is 18.5 Å². The maximum absolute atomic E-state index is 5.53. The van der Waals surface area contributed by atoms with Gasteiger partial charge in [-0.05, 0) is 29.5 Å². The predicted octanol–water partition coefficient (Wildman–Crippen LogP) is 2.43. The molecule has 1 aliphatic rings. The number of hydrogen-bond acceptors (Lipinski definition) is 2. The van der Waals surface area contributed by atoms with E-state index in [1.807, 2.05) is 0 Å². The first-order valence-corrected chi connectivity index (χ1v) is 6.64. The molecule has 1 aliphatic heterocycles. The van der Waals surface area contributed by atoms with Gasteiger partial charge in [0.05, 0.1) is 6.04 Å². The van der Waals surface area contributed by atoms with Crippen LogP contribution < -0.4 is 10.2 Å². The summed E-state index contributed by atoms with van der Waals surface area (Å²) in [7, 11) is 2.15. The van der Waals surface area contributed by atoms with Crippen LogP contribution in [0.4, 0.5) is 5.69 Å². The van der Waals surface area contributed by atoms with Crippen LogP contribution in [0.5, 0.6) is 0 Å². The number of fused-ring (bicyclic) bond motifs is 1. The molecule has 1 N–H and O–H groups in total. The summed E-state index contributed by atoms with van der Waals surface area (Å²) in [5, 5.41) is 3.44. The molecule has 0 aromatic heterocycles. The number of rotatable bonds is 4. The van der Waals surface area contributed by atoms with E-state index >= 15 is 0 Å². The highest BCUT2D eigenvalue weighted by atomic mass is 15.1. The van der Waals surface area contributed by atoms with Crippen LogP contribution in [0.15, 0.2) is 18.2 Å². The molecule has 0 saturated carbocycles. The van der Waals surface area contributed by atoms with Crippen LogP contribution in [0.3, 0.4) is 0 Å². The fourth-order valence-corrected chi connectivity index (χ4v) is 2.44. The Kier molecular flexibility index (Phi) is 3.93. The van der Waals surface area contributed by atoms with E-state index in [9.17, 15) is 0 Å². The van der Waals surface area contributed by atoms with Gasteiger partial charge in [0, 0.05) is 25.8 Å². The molecule has 2 heteroatoms. The van der Waals surface area contributed by atoms with Crippen LogP contribution in [0, 0.1) is 18.3 Å². The first-order chi connectivity index (χ1) is 8.61. The molecule has 0 aliphatic carbocycles. The zero-order valence-electron chi connectivity index (χ0n) is 11.5. The zero-order valence-corrected chi connectivity index (χ0v) is 11.5. The van der Waals surface area contributed by atoms with E-state index in [1.54, 1.807) is 0 Å². The Morgan fingerprint density at radius 1 is 1.44 bits per heavy atom. The van der Waals surface area contributed by atoms with Gasteiger partial charge in [-0.1, -0.05) is 31.9 Å². The second-order valence-corrected chi connectivity index (χ2v) is 5.40. The van der Waals surface area contributed by atoms with Gasteiger partial charge in [-0.3, -0.25) is 5.32 Å². The van der Waals surface area contributed by atoms with Crippen molar-refractivity contribution in [2.45, 2.75) is 32.9 Å². The molecule has 0 amide bonds. The van der Waals surface area contributed by atoms with Crippen molar-refractivity contribution in [1.29, 1.82) is 0 Å². The molecule has 0 saturated heterocycles. The number of likely N-dealkylation sites (N-methyl/N-ethyl adjacent to an activating group) is 1. The van der Waals surface area contributed by atoms with Crippen LogP contribution in [0.2, 0.25) is 0 Å². The minimum absolute atomic E-state index is 0.154. The average molecular weight is 242 g/mol.